The second kappa shape index (κ2) is 7.70. The molecule has 0 spiro atoms. The van der Waals surface area contributed by atoms with E-state index in [0.29, 0.717) is 27.2 Å². The van der Waals surface area contributed by atoms with E-state index in [-0.39, 0.29) is 24.0 Å². The van der Waals surface area contributed by atoms with Crippen LogP contribution in [0.3, 0.4) is 0 Å². The Morgan fingerprint density at radius 2 is 1.81 bits per heavy atom. The number of benzene rings is 2. The van der Waals surface area contributed by atoms with E-state index in [1.54, 1.807) is 42.5 Å². The highest BCUT2D eigenvalue weighted by Gasteiger charge is 2.24. The molecule has 1 amide bonds. The monoisotopic (exact) mass is 411 g/mol. The van der Waals surface area contributed by atoms with E-state index < -0.39 is 9.84 Å². The van der Waals surface area contributed by atoms with Gasteiger partial charge in [0.2, 0.25) is 5.91 Å². The maximum atomic E-state index is 12.3. The Kier molecular flexibility index (Phi) is 5.55. The van der Waals surface area contributed by atoms with Crippen LogP contribution in [0.1, 0.15) is 6.42 Å². The number of carbonyl (C=O) groups excluding carboxylic acids is 1. The molecule has 2 aromatic rings. The number of ether oxygens (including phenoxy) is 1. The molecule has 5 nitrogen and oxygen atoms in total. The normalized spacial score (nSPS) is 17.8. The molecule has 0 saturated carbocycles. The first-order chi connectivity index (χ1) is 12.3. The van der Waals surface area contributed by atoms with Crippen molar-refractivity contribution in [2.24, 2.45) is 5.92 Å². The summed E-state index contributed by atoms with van der Waals surface area (Å²) in [4.78, 5) is 12.3. The summed E-state index contributed by atoms with van der Waals surface area (Å²) >= 11 is 11.9. The van der Waals surface area contributed by atoms with Gasteiger partial charge in [-0.25, -0.2) is 8.42 Å². The average Bonchev–Trinajstić information content (AvgIpc) is 2.90. The molecule has 26 heavy (non-hydrogen) atoms. The van der Waals surface area contributed by atoms with E-state index in [2.05, 4.69) is 5.32 Å². The molecule has 136 valence electrons. The Bertz CT molecular complexity index is 956. The van der Waals surface area contributed by atoms with Crippen LogP contribution in [0.15, 0.2) is 53.9 Å². The molecule has 1 N–H and O–H groups in total. The highest BCUT2D eigenvalue weighted by Crippen LogP contribution is 2.33. The van der Waals surface area contributed by atoms with Gasteiger partial charge in [-0.1, -0.05) is 29.3 Å². The minimum absolute atomic E-state index is 0.0515. The molecule has 0 saturated heterocycles. The van der Waals surface area contributed by atoms with Gasteiger partial charge in [-0.05, 0) is 42.5 Å². The van der Waals surface area contributed by atoms with Crippen molar-refractivity contribution in [1.29, 1.82) is 0 Å². The predicted octanol–water partition coefficient (Wildman–Crippen LogP) is 4.67. The van der Waals surface area contributed by atoms with Crippen molar-refractivity contribution in [2.45, 2.75) is 6.42 Å². The van der Waals surface area contributed by atoms with Gasteiger partial charge in [0.15, 0.2) is 15.6 Å². The minimum Gasteiger partial charge on any atom is -0.455 e. The number of amides is 1. The third kappa shape index (κ3) is 5.00. The molecule has 0 bridgehead atoms. The Hall–Kier alpha value is -2.02. The molecule has 1 unspecified atom stereocenters. The molecule has 0 aliphatic carbocycles. The SMILES string of the molecule is O=C(CC1C=CS(=O)(=O)C1)Nc1cc(Cl)ccc1Oc1ccc(Cl)cc1. The lowest BCUT2D eigenvalue weighted by molar-refractivity contribution is -0.116. The predicted molar refractivity (Wildman–Crippen MR) is 103 cm³/mol. The number of allylic oxidation sites excluding steroid dienone is 1. The van der Waals surface area contributed by atoms with Crippen molar-refractivity contribution >= 4 is 44.6 Å². The van der Waals surface area contributed by atoms with Crippen molar-refractivity contribution in [3.63, 3.8) is 0 Å². The summed E-state index contributed by atoms with van der Waals surface area (Å²) in [6.45, 7) is 0. The number of halogens is 2. The van der Waals surface area contributed by atoms with E-state index in [0.717, 1.165) is 5.41 Å². The topological polar surface area (TPSA) is 72.5 Å². The van der Waals surface area contributed by atoms with Crippen molar-refractivity contribution in [3.05, 3.63) is 64.0 Å². The maximum absolute atomic E-state index is 12.3. The van der Waals surface area contributed by atoms with E-state index >= 15 is 0 Å². The smallest absolute Gasteiger partial charge is 0.225 e. The van der Waals surface area contributed by atoms with Gasteiger partial charge < -0.3 is 10.1 Å². The number of carbonyl (C=O) groups is 1. The maximum Gasteiger partial charge on any atom is 0.225 e. The fourth-order valence-electron chi connectivity index (χ4n) is 2.53. The van der Waals surface area contributed by atoms with Crippen LogP contribution in [0.5, 0.6) is 11.5 Å². The van der Waals surface area contributed by atoms with Crippen molar-refractivity contribution in [1.82, 2.24) is 0 Å². The zero-order valence-corrected chi connectivity index (χ0v) is 15.8. The quantitative estimate of drug-likeness (QED) is 0.775. The fourth-order valence-corrected chi connectivity index (χ4v) is 4.22. The number of hydrogen-bond donors (Lipinski definition) is 1. The number of hydrogen-bond acceptors (Lipinski definition) is 4. The van der Waals surface area contributed by atoms with Gasteiger partial charge in [-0.15, -0.1) is 0 Å². The molecule has 0 fully saturated rings. The molecule has 1 aliphatic heterocycles. The standard InChI is InChI=1S/C18H15Cl2NO4S/c19-13-1-4-15(5-2-13)25-17-6-3-14(20)10-16(17)21-18(22)9-12-7-8-26(23,24)11-12/h1-8,10,12H,9,11H2,(H,21,22). The molecular weight excluding hydrogens is 397 g/mol. The van der Waals surface area contributed by atoms with Crippen molar-refractivity contribution < 1.29 is 17.9 Å². The van der Waals surface area contributed by atoms with E-state index in [1.165, 1.54) is 6.08 Å². The summed E-state index contributed by atoms with van der Waals surface area (Å²) in [5, 5.41) is 4.91. The fraction of sp³-hybridized carbons (Fsp3) is 0.167. The van der Waals surface area contributed by atoms with Crippen LogP contribution >= 0.6 is 23.2 Å². The Morgan fingerprint density at radius 3 is 2.46 bits per heavy atom. The number of rotatable bonds is 5. The van der Waals surface area contributed by atoms with Crippen LogP contribution in [-0.2, 0) is 14.6 Å². The highest BCUT2D eigenvalue weighted by molar-refractivity contribution is 7.94. The summed E-state index contributed by atoms with van der Waals surface area (Å²) in [5.74, 6) is 0.265. The summed E-state index contributed by atoms with van der Waals surface area (Å²) in [7, 11) is -3.19. The lowest BCUT2D eigenvalue weighted by Crippen LogP contribution is -2.18. The van der Waals surface area contributed by atoms with Crippen LogP contribution in [0.25, 0.3) is 0 Å². The first-order valence-corrected chi connectivity index (χ1v) is 10.2. The average molecular weight is 412 g/mol. The van der Waals surface area contributed by atoms with Crippen LogP contribution in [0.2, 0.25) is 10.0 Å². The molecule has 1 heterocycles. The summed E-state index contributed by atoms with van der Waals surface area (Å²) in [6.07, 6.45) is 1.60. The number of sulfone groups is 1. The van der Waals surface area contributed by atoms with Gasteiger partial charge in [0.1, 0.15) is 5.75 Å². The molecule has 3 rings (SSSR count). The third-order valence-electron chi connectivity index (χ3n) is 3.71. The lowest BCUT2D eigenvalue weighted by atomic mass is 10.1. The van der Waals surface area contributed by atoms with Gasteiger partial charge in [-0.3, -0.25) is 4.79 Å². The van der Waals surface area contributed by atoms with Crippen molar-refractivity contribution in [2.75, 3.05) is 11.1 Å². The van der Waals surface area contributed by atoms with Crippen LogP contribution in [0, 0.1) is 5.92 Å². The zero-order chi connectivity index (χ0) is 18.7. The Morgan fingerprint density at radius 1 is 1.12 bits per heavy atom. The molecular formula is C18H15Cl2NO4S. The van der Waals surface area contributed by atoms with Crippen LogP contribution in [0.4, 0.5) is 5.69 Å². The Labute approximate surface area is 161 Å². The molecule has 1 aliphatic rings. The van der Waals surface area contributed by atoms with Crippen molar-refractivity contribution in [3.8, 4) is 11.5 Å². The van der Waals surface area contributed by atoms with Gasteiger partial charge in [0, 0.05) is 27.8 Å². The summed E-state index contributed by atoms with van der Waals surface area (Å²) in [6, 6.07) is 11.7. The van der Waals surface area contributed by atoms with E-state index in [9.17, 15) is 13.2 Å². The first-order valence-electron chi connectivity index (χ1n) is 7.74. The van der Waals surface area contributed by atoms with Gasteiger partial charge in [-0.2, -0.15) is 0 Å². The molecule has 0 radical (unpaired) electrons. The van der Waals surface area contributed by atoms with Crippen LogP contribution in [-0.4, -0.2) is 20.1 Å². The highest BCUT2D eigenvalue weighted by atomic mass is 35.5. The number of nitrogens with one attached hydrogen (secondary N) is 1. The number of anilines is 1. The zero-order valence-electron chi connectivity index (χ0n) is 13.5. The summed E-state index contributed by atoms with van der Waals surface area (Å²) in [5.41, 5.74) is 0.405. The van der Waals surface area contributed by atoms with E-state index in [1.807, 2.05) is 0 Å². The molecule has 0 aromatic heterocycles. The second-order valence-corrected chi connectivity index (χ2v) is 8.67. The van der Waals surface area contributed by atoms with Crippen LogP contribution < -0.4 is 10.1 Å². The minimum atomic E-state index is -3.19. The molecule has 2 aromatic carbocycles. The Balaban J connectivity index is 1.72. The van der Waals surface area contributed by atoms with E-state index in [4.69, 9.17) is 27.9 Å². The van der Waals surface area contributed by atoms with Gasteiger partial charge in [0.05, 0.1) is 11.4 Å². The second-order valence-electron chi connectivity index (χ2n) is 5.87. The lowest BCUT2D eigenvalue weighted by Gasteiger charge is -2.14. The molecule has 8 heteroatoms. The van der Waals surface area contributed by atoms with Gasteiger partial charge in [0.25, 0.3) is 0 Å². The summed E-state index contributed by atoms with van der Waals surface area (Å²) < 4.78 is 28.7. The third-order valence-corrected chi connectivity index (χ3v) is 5.66. The largest absolute Gasteiger partial charge is 0.455 e. The first kappa shape index (κ1) is 18.8. The van der Waals surface area contributed by atoms with Gasteiger partial charge >= 0.3 is 0 Å². The molecule has 1 atom stereocenters.